The summed E-state index contributed by atoms with van der Waals surface area (Å²) in [6, 6.07) is 118. The molecule has 18 aromatic rings. The Hall–Kier alpha value is -12.1. The fourth-order valence-corrected chi connectivity index (χ4v) is 14.6. The van der Waals surface area contributed by atoms with Crippen molar-refractivity contribution in [1.82, 2.24) is 59.8 Å². The summed E-state index contributed by atoms with van der Waals surface area (Å²) in [5.41, 5.74) is 14.0. The summed E-state index contributed by atoms with van der Waals surface area (Å²) in [6.45, 7) is 15.8. The van der Waals surface area contributed by atoms with Crippen molar-refractivity contribution >= 4 is 97.5 Å². The second-order valence-corrected chi connectivity index (χ2v) is 50.3. The second kappa shape index (κ2) is 45.1. The third-order valence-corrected chi connectivity index (χ3v) is 23.2. The molecule has 0 aliphatic carbocycles. The normalized spacial score (nSPS) is 13.5. The van der Waals surface area contributed by atoms with Gasteiger partial charge in [-0.3, -0.25) is 0 Å². The molecule has 0 bridgehead atoms. The first kappa shape index (κ1) is 97.5. The van der Waals surface area contributed by atoms with Crippen molar-refractivity contribution in [1.29, 1.82) is 0 Å². The fourth-order valence-electron chi connectivity index (χ4n) is 14.1. The van der Waals surface area contributed by atoms with Gasteiger partial charge < -0.3 is 18.6 Å². The third kappa shape index (κ3) is 25.0. The molecule has 0 atom stereocenters. The number of nitrogens with zero attached hydrogens (tertiary/aromatic N) is 12. The van der Waals surface area contributed by atoms with E-state index < -0.39 is 48.3 Å². The van der Waals surface area contributed by atoms with Crippen molar-refractivity contribution in [2.45, 2.75) is 77.8 Å². The van der Waals surface area contributed by atoms with Gasteiger partial charge >= 0.3 is 64.7 Å². The summed E-state index contributed by atoms with van der Waals surface area (Å²) in [4.78, 5) is 55.8. The molecule has 2 aliphatic rings. The summed E-state index contributed by atoms with van der Waals surface area (Å²) < 4.78 is 67.5. The van der Waals surface area contributed by atoms with Crippen LogP contribution in [0.25, 0.3) is 147 Å². The molecule has 2 aliphatic heterocycles. The third-order valence-electron chi connectivity index (χ3n) is 22.5. The molecule has 672 valence electrons. The Labute approximate surface area is 828 Å². The standard InChI is InChI=1S/C37H24FN5.C22H14ClFN2.C21H22BN3O2.C16H11ClN2.C12H15BClFO2.I3/c38-31-22-21-29(36-42-34(27-17-9-3-10-18-27)41-35(43-36)28-19-11-4-12-20-28)23-30(31)37-39-32(25-13-5-1-6-14-25)24-33(40-37)26-15-7-2-8-16-26;23-17-11-12-19(24)18(13-17)22-25-20(15-7-3-1-4-8-15)14-21(26-22)16-9-5-2-6-10-16;1-20(2)21(3,4)27-22(26-20)19-24-17(15-11-7-5-8-12-15)23-18(25-19)16-13-9-6-10-14-16;17-16-18-14(12-7-3-1-4-8-12)11-15(19-16)13-9-5-2-6-10-13;1-11(2)12(3,4)17-13(16-11)9-7-8(14)5-6-10(9)15;1-3-2/h1-24H;1-14H;5-14H,1-4H3;1-11H;5-7H,1-4H3;/q;;;;;-1. The summed E-state index contributed by atoms with van der Waals surface area (Å²) in [5.74, 6) is 2.08. The van der Waals surface area contributed by atoms with Crippen LogP contribution in [0.4, 0.5) is 13.2 Å². The number of benzene rings is 13. The maximum atomic E-state index is 15.6. The van der Waals surface area contributed by atoms with Crippen LogP contribution >= 0.6 is 72.0 Å². The SMILES string of the molecule is CC1(C)OB(c2cc(Cl)ccc2F)OC1(C)C.CC1(C)OB(c2nc(-c3ccccc3)nc(-c3ccccc3)n2)OC1(C)C.Clc1nc(-c2ccccc2)cc(-c2ccccc2)n1.Fc1ccc(-c2nc(-c3ccccc3)nc(-c3ccccc3)n2)cc1-c1nc(-c2ccccc2)cc(-c2ccccc2)n1.Fc1ccc(Cl)cc1-c1nc(-c2ccccc2)cc(-c2ccccc2)n1.I[I-]I. The first-order chi connectivity index (χ1) is 65.2. The number of hydrogen-bond donors (Lipinski definition) is 0. The molecule has 0 spiro atoms. The van der Waals surface area contributed by atoms with Crippen LogP contribution in [0.15, 0.2) is 376 Å². The molecule has 0 saturated carbocycles. The first-order valence-corrected chi connectivity index (χ1v) is 56.6. The van der Waals surface area contributed by atoms with Crippen molar-refractivity contribution in [2.75, 3.05) is 0 Å². The zero-order chi connectivity index (χ0) is 94.6. The van der Waals surface area contributed by atoms with E-state index >= 15 is 4.39 Å². The molecule has 27 heteroatoms. The summed E-state index contributed by atoms with van der Waals surface area (Å²) in [7, 11) is -1.35. The van der Waals surface area contributed by atoms with E-state index in [0.717, 1.165) is 78.4 Å². The van der Waals surface area contributed by atoms with E-state index in [9.17, 15) is 8.78 Å². The molecule has 7 heterocycles. The number of rotatable bonds is 15. The Kier molecular flexibility index (Phi) is 32.5. The average Bonchev–Trinajstić information content (AvgIpc) is 1.63. The van der Waals surface area contributed by atoms with Gasteiger partial charge in [-0.25, -0.2) is 73.0 Å². The monoisotopic (exact) mass is 2180 g/mol. The van der Waals surface area contributed by atoms with E-state index in [1.807, 2.05) is 377 Å². The van der Waals surface area contributed by atoms with Gasteiger partial charge in [0.25, 0.3) is 0 Å². The zero-order valence-corrected chi connectivity index (χ0v) is 83.1. The van der Waals surface area contributed by atoms with E-state index in [1.165, 1.54) is 30.3 Å². The van der Waals surface area contributed by atoms with Crippen LogP contribution in [0.2, 0.25) is 15.3 Å². The van der Waals surface area contributed by atoms with E-state index in [1.54, 1.807) is 24.3 Å². The summed E-state index contributed by atoms with van der Waals surface area (Å²) >= 11 is 23.2. The maximum absolute atomic E-state index is 15.6. The molecule has 13 aromatic carbocycles. The van der Waals surface area contributed by atoms with Gasteiger partial charge in [-0.15, -0.1) is 0 Å². The molecular weight excluding hydrogens is 2090 g/mol. The minimum atomic E-state index is -0.710. The predicted molar refractivity (Wildman–Crippen MR) is 551 cm³/mol. The van der Waals surface area contributed by atoms with Crippen LogP contribution in [-0.4, -0.2) is 96.4 Å². The number of aromatic nitrogens is 12. The molecule has 0 amide bonds. The molecule has 0 radical (unpaired) electrons. The van der Waals surface area contributed by atoms with Gasteiger partial charge in [0, 0.05) is 76.7 Å². The second-order valence-electron chi connectivity index (χ2n) is 32.9. The molecule has 2 fully saturated rings. The molecule has 5 aromatic heterocycles. The Morgan fingerprint density at radius 2 is 0.467 bits per heavy atom. The van der Waals surface area contributed by atoms with Crippen LogP contribution in [-0.2, 0) is 18.6 Å². The van der Waals surface area contributed by atoms with Gasteiger partial charge in [0.2, 0.25) is 5.28 Å². The van der Waals surface area contributed by atoms with Crippen molar-refractivity contribution < 1.29 is 45.0 Å². The summed E-state index contributed by atoms with van der Waals surface area (Å²) in [6.07, 6.45) is 0. The van der Waals surface area contributed by atoms with E-state index in [0.29, 0.717) is 86.4 Å². The van der Waals surface area contributed by atoms with Crippen LogP contribution in [0.5, 0.6) is 0 Å². The van der Waals surface area contributed by atoms with Crippen LogP contribution < -0.4 is 24.4 Å². The van der Waals surface area contributed by atoms with E-state index in [4.69, 9.17) is 78.3 Å². The van der Waals surface area contributed by atoms with Crippen LogP contribution in [0.1, 0.15) is 55.4 Å². The zero-order valence-electron chi connectivity index (χ0n) is 74.4. The molecule has 2 saturated heterocycles. The van der Waals surface area contributed by atoms with Gasteiger partial charge in [-0.2, -0.15) is 0 Å². The predicted octanol–water partition coefficient (Wildman–Crippen LogP) is 24.6. The van der Waals surface area contributed by atoms with Crippen molar-refractivity contribution in [3.63, 3.8) is 0 Å². The van der Waals surface area contributed by atoms with Crippen molar-refractivity contribution in [3.8, 4) is 147 Å². The van der Waals surface area contributed by atoms with Gasteiger partial charge in [0.1, 0.15) is 17.5 Å². The van der Waals surface area contributed by atoms with Crippen LogP contribution in [0, 0.1) is 17.5 Å². The van der Waals surface area contributed by atoms with Crippen LogP contribution in [0.3, 0.4) is 0 Å². The Bertz CT molecular complexity index is 6720. The molecule has 135 heavy (non-hydrogen) atoms. The topological polar surface area (TPSA) is 192 Å². The van der Waals surface area contributed by atoms with Gasteiger partial charge in [0.15, 0.2) is 46.5 Å². The molecule has 20 rings (SSSR count). The Morgan fingerprint density at radius 1 is 0.237 bits per heavy atom. The quantitative estimate of drug-likeness (QED) is 0.0534. The fraction of sp³-hybridized carbons (Fsp3) is 0.111. The van der Waals surface area contributed by atoms with E-state index in [-0.39, 0.29) is 28.1 Å². The molecule has 0 unspecified atom stereocenters. The van der Waals surface area contributed by atoms with Crippen molar-refractivity contribution in [3.05, 3.63) is 409 Å². The molecular formula is C108H86B2Cl3F3I3N12O4-. The van der Waals surface area contributed by atoms with Gasteiger partial charge in [0.05, 0.1) is 67.7 Å². The Morgan fingerprint density at radius 3 is 0.763 bits per heavy atom. The number of halogens is 9. The summed E-state index contributed by atoms with van der Waals surface area (Å²) in [5, 5.41) is 1.17. The van der Waals surface area contributed by atoms with Gasteiger partial charge in [-0.05, 0) is 140 Å². The average molecular weight is 2180 g/mol. The van der Waals surface area contributed by atoms with Gasteiger partial charge in [-0.1, -0.05) is 327 Å². The molecule has 0 N–H and O–H groups in total. The Balaban J connectivity index is 0.000000133. The first-order valence-electron chi connectivity index (χ1n) is 42.9. The van der Waals surface area contributed by atoms with Crippen molar-refractivity contribution in [2.24, 2.45) is 0 Å². The number of hydrogen-bond acceptors (Lipinski definition) is 16. The van der Waals surface area contributed by atoms with E-state index in [2.05, 4.69) is 72.1 Å². The molecule has 16 nitrogen and oxygen atoms in total. The minimum absolute atomic E-state index is 0.260.